The number of aromatic nitrogens is 2. The van der Waals surface area contributed by atoms with Crippen LogP contribution in [-0.2, 0) is 26.7 Å². The van der Waals surface area contributed by atoms with Gasteiger partial charge in [0, 0.05) is 36.5 Å². The summed E-state index contributed by atoms with van der Waals surface area (Å²) in [7, 11) is -0.380. The van der Waals surface area contributed by atoms with Crippen molar-refractivity contribution in [1.29, 1.82) is 0 Å². The number of piperidine rings is 1. The molecular formula is C40H58N6O4S2. The molecule has 1 unspecified atom stereocenters. The highest BCUT2D eigenvalue weighted by molar-refractivity contribution is 7.90. The fraction of sp³-hybridized carbons (Fsp3) is 0.600. The van der Waals surface area contributed by atoms with Gasteiger partial charge in [0.1, 0.15) is 6.04 Å². The van der Waals surface area contributed by atoms with Crippen molar-refractivity contribution in [2.45, 2.75) is 96.9 Å². The van der Waals surface area contributed by atoms with Gasteiger partial charge in [0.25, 0.3) is 11.8 Å². The lowest BCUT2D eigenvalue weighted by molar-refractivity contribution is -0.121. The van der Waals surface area contributed by atoms with Crippen LogP contribution < -0.4 is 14.9 Å². The molecule has 2 fully saturated rings. The molecule has 0 bridgehead atoms. The van der Waals surface area contributed by atoms with Crippen molar-refractivity contribution in [2.75, 3.05) is 44.4 Å². The van der Waals surface area contributed by atoms with Gasteiger partial charge in [-0.1, -0.05) is 77.6 Å². The Bertz CT molecular complexity index is 1720. The van der Waals surface area contributed by atoms with E-state index in [2.05, 4.69) is 42.6 Å². The van der Waals surface area contributed by atoms with Crippen LogP contribution in [0.3, 0.4) is 0 Å². The summed E-state index contributed by atoms with van der Waals surface area (Å²) < 4.78 is 27.6. The molecule has 3 aromatic rings. The van der Waals surface area contributed by atoms with Crippen molar-refractivity contribution in [1.82, 2.24) is 24.9 Å². The maximum Gasteiger partial charge on any atom is 0.262 e. The van der Waals surface area contributed by atoms with Gasteiger partial charge in [-0.2, -0.15) is 0 Å². The number of amides is 2. The Morgan fingerprint density at radius 1 is 0.942 bits per heavy atom. The van der Waals surface area contributed by atoms with E-state index in [4.69, 9.17) is 9.97 Å². The molecule has 1 aliphatic carbocycles. The number of sulfonamides is 1. The number of nitrogens with one attached hydrogen (secondary N) is 2. The quantitative estimate of drug-likeness (QED) is 0.187. The Kier molecular flexibility index (Phi) is 13.5. The SMILES string of the molecule is CCCC1CCC(C2CCN(c3cnc(-c4ccc(CC(NC(=O)c5ccc(C(C)(C)C)s5)C(=O)NS(=O)(=O)CCN(C)C)cc4)nc3)CC2)CC1. The van der Waals surface area contributed by atoms with Crippen molar-refractivity contribution >= 4 is 38.9 Å². The first-order valence-electron chi connectivity index (χ1n) is 19.0. The van der Waals surface area contributed by atoms with Gasteiger partial charge < -0.3 is 15.1 Å². The second-order valence-electron chi connectivity index (χ2n) is 16.1. The summed E-state index contributed by atoms with van der Waals surface area (Å²) in [6.07, 6.45) is 14.7. The summed E-state index contributed by atoms with van der Waals surface area (Å²) in [5.74, 6) is 1.85. The van der Waals surface area contributed by atoms with Crippen molar-refractivity contribution in [3.05, 3.63) is 64.1 Å². The molecule has 1 saturated heterocycles. The maximum atomic E-state index is 13.4. The number of benzene rings is 1. The number of nitrogens with zero attached hydrogens (tertiary/aromatic N) is 4. The van der Waals surface area contributed by atoms with Gasteiger partial charge >= 0.3 is 0 Å². The molecule has 1 aromatic carbocycles. The Hall–Kier alpha value is -3.35. The largest absolute Gasteiger partial charge is 0.369 e. The zero-order valence-electron chi connectivity index (χ0n) is 31.9. The lowest BCUT2D eigenvalue weighted by atomic mass is 9.72. The zero-order valence-corrected chi connectivity index (χ0v) is 33.5. The highest BCUT2D eigenvalue weighted by Crippen LogP contribution is 2.39. The van der Waals surface area contributed by atoms with Gasteiger partial charge in [0.15, 0.2) is 5.82 Å². The summed E-state index contributed by atoms with van der Waals surface area (Å²) in [5, 5.41) is 2.80. The molecule has 0 spiro atoms. The molecule has 1 atom stereocenters. The highest BCUT2D eigenvalue weighted by Gasteiger charge is 2.31. The van der Waals surface area contributed by atoms with E-state index < -0.39 is 27.9 Å². The van der Waals surface area contributed by atoms with E-state index in [1.54, 1.807) is 25.1 Å². The molecule has 2 amide bonds. The van der Waals surface area contributed by atoms with Gasteiger partial charge in [-0.05, 0) is 80.6 Å². The first-order chi connectivity index (χ1) is 24.7. The molecular weight excluding hydrogens is 693 g/mol. The molecule has 5 rings (SSSR count). The average Bonchev–Trinajstić information content (AvgIpc) is 3.63. The van der Waals surface area contributed by atoms with E-state index in [1.807, 2.05) is 42.7 Å². The first-order valence-corrected chi connectivity index (χ1v) is 21.4. The lowest BCUT2D eigenvalue weighted by Crippen LogP contribution is -2.50. The summed E-state index contributed by atoms with van der Waals surface area (Å²) in [5.41, 5.74) is 2.51. The van der Waals surface area contributed by atoms with Crippen LogP contribution in [-0.4, -0.2) is 80.6 Å². The Morgan fingerprint density at radius 2 is 1.58 bits per heavy atom. The molecule has 2 aliphatic rings. The van der Waals surface area contributed by atoms with Crippen LogP contribution in [0.1, 0.15) is 99.2 Å². The molecule has 2 N–H and O–H groups in total. The van der Waals surface area contributed by atoms with E-state index >= 15 is 0 Å². The van der Waals surface area contributed by atoms with Crippen LogP contribution >= 0.6 is 11.3 Å². The van der Waals surface area contributed by atoms with Gasteiger partial charge in [-0.25, -0.2) is 18.4 Å². The third kappa shape index (κ3) is 11.1. The topological polar surface area (TPSA) is 125 Å². The van der Waals surface area contributed by atoms with E-state index in [-0.39, 0.29) is 24.1 Å². The minimum absolute atomic E-state index is 0.106. The van der Waals surface area contributed by atoms with Gasteiger partial charge in [-0.3, -0.25) is 14.3 Å². The Labute approximate surface area is 315 Å². The van der Waals surface area contributed by atoms with Gasteiger partial charge in [0.05, 0.1) is 28.7 Å². The predicted octanol–water partition coefficient (Wildman–Crippen LogP) is 6.67. The molecule has 2 aromatic heterocycles. The van der Waals surface area contributed by atoms with E-state index in [9.17, 15) is 18.0 Å². The second-order valence-corrected chi connectivity index (χ2v) is 19.0. The number of hydrogen-bond acceptors (Lipinski definition) is 9. The fourth-order valence-corrected chi connectivity index (χ4v) is 9.65. The molecule has 284 valence electrons. The molecule has 3 heterocycles. The zero-order chi connectivity index (χ0) is 37.5. The minimum Gasteiger partial charge on any atom is -0.369 e. The Balaban J connectivity index is 1.21. The van der Waals surface area contributed by atoms with Crippen molar-refractivity contribution < 1.29 is 18.0 Å². The summed E-state index contributed by atoms with van der Waals surface area (Å²) in [6, 6.07) is 10.1. The molecule has 0 radical (unpaired) electrons. The fourth-order valence-electron chi connectivity index (χ4n) is 7.52. The summed E-state index contributed by atoms with van der Waals surface area (Å²) >= 11 is 1.36. The average molecular weight is 751 g/mol. The number of carbonyl (C=O) groups is 2. The summed E-state index contributed by atoms with van der Waals surface area (Å²) in [6.45, 7) is 10.9. The predicted molar refractivity (Wildman–Crippen MR) is 211 cm³/mol. The second kappa shape index (κ2) is 17.6. The van der Waals surface area contributed by atoms with Crippen LogP contribution in [0, 0.1) is 17.8 Å². The molecule has 52 heavy (non-hydrogen) atoms. The van der Waals surface area contributed by atoms with Gasteiger partial charge in [0.2, 0.25) is 10.0 Å². The monoisotopic (exact) mass is 750 g/mol. The van der Waals surface area contributed by atoms with Crippen molar-refractivity contribution in [3.63, 3.8) is 0 Å². The number of hydrogen-bond donors (Lipinski definition) is 2. The van der Waals surface area contributed by atoms with Crippen LogP contribution in [0.25, 0.3) is 11.4 Å². The number of carbonyl (C=O) groups excluding carboxylic acids is 2. The lowest BCUT2D eigenvalue weighted by Gasteiger charge is -2.39. The molecule has 12 heteroatoms. The molecule has 10 nitrogen and oxygen atoms in total. The Morgan fingerprint density at radius 3 is 2.15 bits per heavy atom. The normalized spacial score (nSPS) is 19.4. The molecule has 1 saturated carbocycles. The van der Waals surface area contributed by atoms with Crippen molar-refractivity contribution in [2.24, 2.45) is 17.8 Å². The third-order valence-electron chi connectivity index (χ3n) is 10.7. The van der Waals surface area contributed by atoms with Crippen LogP contribution in [0.4, 0.5) is 5.69 Å². The van der Waals surface area contributed by atoms with E-state index in [0.29, 0.717) is 10.7 Å². The third-order valence-corrected chi connectivity index (χ3v) is 13.4. The van der Waals surface area contributed by atoms with Crippen LogP contribution in [0.2, 0.25) is 0 Å². The molecule has 1 aliphatic heterocycles. The van der Waals surface area contributed by atoms with Crippen LogP contribution in [0.15, 0.2) is 48.8 Å². The standard InChI is InChI=1S/C40H58N6O4S2/c1-7-8-28-9-13-30(14-10-28)31-19-21-46(22-20-31)33-26-41-37(42-27-33)32-15-11-29(12-16-32)25-34(38(47)44-52(49,50)24-23-45(5)6)43-39(48)35-17-18-36(51-35)40(2,3)4/h11-12,15-18,26-28,30-31,34H,7-10,13-14,19-25H2,1-6H3,(H,43,48)(H,44,47). The van der Waals surface area contributed by atoms with Gasteiger partial charge in [-0.15, -0.1) is 11.3 Å². The van der Waals surface area contributed by atoms with E-state index in [0.717, 1.165) is 52.5 Å². The number of anilines is 1. The highest BCUT2D eigenvalue weighted by atomic mass is 32.2. The van der Waals surface area contributed by atoms with E-state index in [1.165, 1.54) is 62.7 Å². The minimum atomic E-state index is -3.91. The number of rotatable bonds is 14. The first kappa shape index (κ1) is 39.8. The maximum absolute atomic E-state index is 13.4. The number of thiophene rings is 1. The smallest absolute Gasteiger partial charge is 0.262 e. The summed E-state index contributed by atoms with van der Waals surface area (Å²) in [4.78, 5) is 41.7. The van der Waals surface area contributed by atoms with Crippen LogP contribution in [0.5, 0.6) is 0 Å². The van der Waals surface area contributed by atoms with Crippen molar-refractivity contribution in [3.8, 4) is 11.4 Å².